The van der Waals surface area contributed by atoms with Gasteiger partial charge in [-0.2, -0.15) is 13.2 Å². The molecule has 30 heavy (non-hydrogen) atoms. The van der Waals surface area contributed by atoms with Gasteiger partial charge in [-0.15, -0.1) is 5.10 Å². The number of hydrogen-bond acceptors (Lipinski definition) is 5. The Morgan fingerprint density at radius 3 is 2.67 bits per heavy atom. The van der Waals surface area contributed by atoms with Crippen LogP contribution in [0, 0.1) is 0 Å². The summed E-state index contributed by atoms with van der Waals surface area (Å²) < 4.78 is 41.0. The summed E-state index contributed by atoms with van der Waals surface area (Å²) in [5.74, 6) is -0.392. The number of nitrogens with one attached hydrogen (secondary N) is 2. The molecule has 10 heteroatoms. The fourth-order valence-corrected chi connectivity index (χ4v) is 3.67. The predicted molar refractivity (Wildman–Crippen MR) is 106 cm³/mol. The third kappa shape index (κ3) is 4.09. The number of alkyl halides is 3. The number of aromatic nitrogens is 3. The zero-order valence-corrected chi connectivity index (χ0v) is 16.0. The van der Waals surface area contributed by atoms with Gasteiger partial charge in [-0.1, -0.05) is 25.0 Å². The maximum Gasteiger partial charge on any atom is 0.418 e. The minimum absolute atomic E-state index is 0.00986. The fourth-order valence-electron chi connectivity index (χ4n) is 3.67. The molecule has 1 aromatic carbocycles. The van der Waals surface area contributed by atoms with Gasteiger partial charge in [0, 0.05) is 12.1 Å². The van der Waals surface area contributed by atoms with Crippen molar-refractivity contribution >= 4 is 23.1 Å². The lowest BCUT2D eigenvalue weighted by Gasteiger charge is -2.29. The summed E-state index contributed by atoms with van der Waals surface area (Å²) in [5.41, 5.74) is 5.57. The van der Waals surface area contributed by atoms with Crippen LogP contribution in [0.5, 0.6) is 0 Å². The van der Waals surface area contributed by atoms with E-state index in [1.54, 1.807) is 12.3 Å². The minimum Gasteiger partial charge on any atom is -0.349 e. The summed E-state index contributed by atoms with van der Waals surface area (Å²) >= 11 is 0. The Labute approximate surface area is 170 Å². The molecule has 158 valence electrons. The zero-order chi connectivity index (χ0) is 21.3. The van der Waals surface area contributed by atoms with Gasteiger partial charge < -0.3 is 16.4 Å². The van der Waals surface area contributed by atoms with Crippen molar-refractivity contribution in [1.82, 2.24) is 14.6 Å². The van der Waals surface area contributed by atoms with Crippen molar-refractivity contribution in [2.24, 2.45) is 5.73 Å². The van der Waals surface area contributed by atoms with E-state index in [0.717, 1.165) is 31.7 Å². The first-order chi connectivity index (χ1) is 14.3. The smallest absolute Gasteiger partial charge is 0.349 e. The molecule has 0 aliphatic heterocycles. The molecular formula is C20H21F3N6O. The number of amides is 1. The number of anilines is 2. The standard InChI is InChI=1S/C20H21F3N6O/c21-20(22,23)13-5-1-3-7-15(13)26-18(30)17-10-9-12-11-25-19(28-29(12)17)27-16-8-4-2-6-14(16)24/h1,3,5,7,9-11,14,16H,2,4,6,8,24H2,(H,26,30)(H,27,28)/t14-,16+/m0/s1. The summed E-state index contributed by atoms with van der Waals surface area (Å²) in [7, 11) is 0. The molecule has 7 nitrogen and oxygen atoms in total. The highest BCUT2D eigenvalue weighted by molar-refractivity contribution is 6.04. The second-order valence-electron chi connectivity index (χ2n) is 7.33. The van der Waals surface area contributed by atoms with E-state index in [0.29, 0.717) is 11.5 Å². The van der Waals surface area contributed by atoms with Crippen LogP contribution in [0.1, 0.15) is 41.7 Å². The molecule has 4 rings (SSSR count). The number of nitrogens with two attached hydrogens (primary N) is 1. The molecule has 4 N–H and O–H groups in total. The van der Waals surface area contributed by atoms with E-state index in [1.807, 2.05) is 0 Å². The van der Waals surface area contributed by atoms with Gasteiger partial charge in [-0.3, -0.25) is 4.79 Å². The van der Waals surface area contributed by atoms with Gasteiger partial charge in [0.2, 0.25) is 5.95 Å². The lowest BCUT2D eigenvalue weighted by Crippen LogP contribution is -2.43. The molecule has 3 aromatic rings. The molecule has 2 aromatic heterocycles. The molecule has 0 spiro atoms. The minimum atomic E-state index is -4.58. The fraction of sp³-hybridized carbons (Fsp3) is 0.350. The molecule has 0 saturated heterocycles. The van der Waals surface area contributed by atoms with Crippen LogP contribution in [0.4, 0.5) is 24.8 Å². The highest BCUT2D eigenvalue weighted by Gasteiger charge is 2.33. The monoisotopic (exact) mass is 418 g/mol. The molecule has 0 bridgehead atoms. The van der Waals surface area contributed by atoms with Gasteiger partial charge in [0.1, 0.15) is 5.69 Å². The number of rotatable bonds is 4. The van der Waals surface area contributed by atoms with Crippen molar-refractivity contribution in [3.05, 3.63) is 53.9 Å². The maximum atomic E-state index is 13.2. The van der Waals surface area contributed by atoms with Gasteiger partial charge in [0.05, 0.1) is 23.0 Å². The largest absolute Gasteiger partial charge is 0.418 e. The zero-order valence-electron chi connectivity index (χ0n) is 16.0. The Hall–Kier alpha value is -3.14. The Bertz CT molecular complexity index is 1060. The van der Waals surface area contributed by atoms with Gasteiger partial charge in [0.15, 0.2) is 0 Å². The first-order valence-electron chi connectivity index (χ1n) is 9.67. The normalized spacial score (nSPS) is 19.6. The molecule has 0 radical (unpaired) electrons. The summed E-state index contributed by atoms with van der Waals surface area (Å²) in [6.07, 6.45) is 0.919. The van der Waals surface area contributed by atoms with Gasteiger partial charge >= 0.3 is 6.18 Å². The molecular weight excluding hydrogens is 397 g/mol. The SMILES string of the molecule is N[C@H]1CCCC[C@H]1Nc1ncc2ccc(C(=O)Nc3ccccc3C(F)(F)F)n2n1. The Kier molecular flexibility index (Phi) is 5.33. The predicted octanol–water partition coefficient (Wildman–Crippen LogP) is 3.68. The third-order valence-corrected chi connectivity index (χ3v) is 5.25. The van der Waals surface area contributed by atoms with E-state index in [4.69, 9.17) is 5.73 Å². The first kappa shape index (κ1) is 20.1. The van der Waals surface area contributed by atoms with E-state index < -0.39 is 17.6 Å². The van der Waals surface area contributed by atoms with E-state index in [2.05, 4.69) is 20.7 Å². The Balaban J connectivity index is 1.59. The molecule has 2 heterocycles. The van der Waals surface area contributed by atoms with Crippen molar-refractivity contribution in [2.45, 2.75) is 43.9 Å². The van der Waals surface area contributed by atoms with Crippen LogP contribution in [-0.4, -0.2) is 32.6 Å². The van der Waals surface area contributed by atoms with Crippen LogP contribution in [0.3, 0.4) is 0 Å². The lowest BCUT2D eigenvalue weighted by molar-refractivity contribution is -0.136. The first-order valence-corrected chi connectivity index (χ1v) is 9.67. The third-order valence-electron chi connectivity index (χ3n) is 5.25. The number of halogens is 3. The average molecular weight is 418 g/mol. The molecule has 1 fully saturated rings. The van der Waals surface area contributed by atoms with Crippen LogP contribution < -0.4 is 16.4 Å². The van der Waals surface area contributed by atoms with Gasteiger partial charge in [-0.05, 0) is 37.1 Å². The van der Waals surface area contributed by atoms with Gasteiger partial charge in [-0.25, -0.2) is 9.50 Å². The molecule has 1 saturated carbocycles. The highest BCUT2D eigenvalue weighted by Crippen LogP contribution is 2.34. The summed E-state index contributed by atoms with van der Waals surface area (Å²) in [6, 6.07) is 7.97. The molecule has 1 aliphatic carbocycles. The molecule has 0 unspecified atom stereocenters. The maximum absolute atomic E-state index is 13.2. The number of benzene rings is 1. The average Bonchev–Trinajstić information content (AvgIpc) is 3.13. The number of nitrogens with zero attached hydrogens (tertiary/aromatic N) is 3. The quantitative estimate of drug-likeness (QED) is 0.601. The Morgan fingerprint density at radius 1 is 1.13 bits per heavy atom. The van der Waals surface area contributed by atoms with E-state index >= 15 is 0 Å². The van der Waals surface area contributed by atoms with E-state index in [-0.39, 0.29) is 23.5 Å². The van der Waals surface area contributed by atoms with Gasteiger partial charge in [0.25, 0.3) is 5.91 Å². The number of hydrogen-bond donors (Lipinski definition) is 3. The van der Waals surface area contributed by atoms with Crippen molar-refractivity contribution in [3.63, 3.8) is 0 Å². The van der Waals surface area contributed by atoms with Crippen LogP contribution in [0.25, 0.3) is 5.52 Å². The number of para-hydroxylation sites is 1. The second kappa shape index (κ2) is 7.94. The van der Waals surface area contributed by atoms with Crippen molar-refractivity contribution in [2.75, 3.05) is 10.6 Å². The molecule has 1 aliphatic rings. The van der Waals surface area contributed by atoms with Crippen molar-refractivity contribution in [1.29, 1.82) is 0 Å². The summed E-state index contributed by atoms with van der Waals surface area (Å²) in [6.45, 7) is 0. The number of carbonyl (C=O) groups excluding carboxylic acids is 1. The molecule has 2 atom stereocenters. The summed E-state index contributed by atoms with van der Waals surface area (Å²) in [4.78, 5) is 17.0. The van der Waals surface area contributed by atoms with E-state index in [9.17, 15) is 18.0 Å². The second-order valence-corrected chi connectivity index (χ2v) is 7.33. The lowest BCUT2D eigenvalue weighted by atomic mass is 9.91. The van der Waals surface area contributed by atoms with Crippen LogP contribution in [-0.2, 0) is 6.18 Å². The molecule has 1 amide bonds. The van der Waals surface area contributed by atoms with Crippen LogP contribution >= 0.6 is 0 Å². The van der Waals surface area contributed by atoms with Crippen LogP contribution in [0.15, 0.2) is 42.6 Å². The highest BCUT2D eigenvalue weighted by atomic mass is 19.4. The summed E-state index contributed by atoms with van der Waals surface area (Å²) in [5, 5.41) is 9.90. The topological polar surface area (TPSA) is 97.3 Å². The van der Waals surface area contributed by atoms with Crippen molar-refractivity contribution < 1.29 is 18.0 Å². The Morgan fingerprint density at radius 2 is 1.90 bits per heavy atom. The van der Waals surface area contributed by atoms with Crippen molar-refractivity contribution in [3.8, 4) is 0 Å². The number of fused-ring (bicyclic) bond motifs is 1. The van der Waals surface area contributed by atoms with E-state index in [1.165, 1.54) is 28.8 Å². The number of carbonyl (C=O) groups is 1. The van der Waals surface area contributed by atoms with Crippen LogP contribution in [0.2, 0.25) is 0 Å².